The van der Waals surface area contributed by atoms with Gasteiger partial charge in [0.2, 0.25) is 5.91 Å². The molecule has 1 fully saturated rings. The Morgan fingerprint density at radius 3 is 2.42 bits per heavy atom. The maximum atomic E-state index is 11.2. The first-order valence-electron chi connectivity index (χ1n) is 4.16. The second-order valence-electron chi connectivity index (χ2n) is 3.46. The number of rotatable bonds is 3. The van der Waals surface area contributed by atoms with Gasteiger partial charge in [0, 0.05) is 13.0 Å². The first kappa shape index (κ1) is 9.48. The second kappa shape index (κ2) is 3.41. The van der Waals surface area contributed by atoms with Crippen molar-refractivity contribution in [3.05, 3.63) is 0 Å². The van der Waals surface area contributed by atoms with Crippen LogP contribution in [0.4, 0.5) is 0 Å². The maximum Gasteiger partial charge on any atom is 0.223 e. The number of aliphatic hydroxyl groups is 2. The molecule has 0 saturated carbocycles. The molecule has 1 aliphatic heterocycles. The molecule has 1 amide bonds. The molecule has 0 unspecified atom stereocenters. The SMILES string of the molecule is CC(CO)(CO)N1CCCC1=O. The van der Waals surface area contributed by atoms with Crippen molar-refractivity contribution in [1.82, 2.24) is 4.90 Å². The van der Waals surface area contributed by atoms with E-state index in [9.17, 15) is 4.79 Å². The number of hydrogen-bond donors (Lipinski definition) is 2. The normalized spacial score (nSPS) is 18.9. The number of hydrogen-bond acceptors (Lipinski definition) is 3. The Kier molecular flexibility index (Phi) is 2.69. The van der Waals surface area contributed by atoms with Crippen LogP contribution in [0.5, 0.6) is 0 Å². The number of aliphatic hydroxyl groups excluding tert-OH is 2. The zero-order valence-electron chi connectivity index (χ0n) is 7.29. The van der Waals surface area contributed by atoms with Gasteiger partial charge in [-0.2, -0.15) is 0 Å². The summed E-state index contributed by atoms with van der Waals surface area (Å²) in [6.45, 7) is 1.97. The van der Waals surface area contributed by atoms with E-state index in [4.69, 9.17) is 10.2 Å². The summed E-state index contributed by atoms with van der Waals surface area (Å²) < 4.78 is 0. The van der Waals surface area contributed by atoms with E-state index >= 15 is 0 Å². The van der Waals surface area contributed by atoms with E-state index in [-0.39, 0.29) is 19.1 Å². The molecule has 0 aromatic rings. The highest BCUT2D eigenvalue weighted by Gasteiger charge is 2.36. The molecular weight excluding hydrogens is 158 g/mol. The second-order valence-corrected chi connectivity index (χ2v) is 3.46. The minimum absolute atomic E-state index is 0.0283. The monoisotopic (exact) mass is 173 g/mol. The van der Waals surface area contributed by atoms with E-state index in [1.807, 2.05) is 0 Å². The largest absolute Gasteiger partial charge is 0.394 e. The molecule has 1 rings (SSSR count). The van der Waals surface area contributed by atoms with Gasteiger partial charge >= 0.3 is 0 Å². The summed E-state index contributed by atoms with van der Waals surface area (Å²) in [6, 6.07) is 0. The van der Waals surface area contributed by atoms with Crippen molar-refractivity contribution in [3.63, 3.8) is 0 Å². The van der Waals surface area contributed by atoms with Crippen molar-refractivity contribution in [2.24, 2.45) is 0 Å². The summed E-state index contributed by atoms with van der Waals surface area (Å²) in [6.07, 6.45) is 1.37. The van der Waals surface area contributed by atoms with Gasteiger partial charge in [0.05, 0.1) is 18.8 Å². The van der Waals surface area contributed by atoms with Gasteiger partial charge in [-0.05, 0) is 13.3 Å². The van der Waals surface area contributed by atoms with Crippen molar-refractivity contribution in [3.8, 4) is 0 Å². The quantitative estimate of drug-likeness (QED) is 0.596. The fraction of sp³-hybridized carbons (Fsp3) is 0.875. The highest BCUT2D eigenvalue weighted by molar-refractivity contribution is 5.79. The van der Waals surface area contributed by atoms with Crippen LogP contribution in [0, 0.1) is 0 Å². The van der Waals surface area contributed by atoms with Crippen LogP contribution in [-0.4, -0.2) is 46.3 Å². The first-order valence-corrected chi connectivity index (χ1v) is 4.16. The van der Waals surface area contributed by atoms with Crippen molar-refractivity contribution >= 4 is 5.91 Å². The van der Waals surface area contributed by atoms with Gasteiger partial charge in [-0.25, -0.2) is 0 Å². The van der Waals surface area contributed by atoms with Crippen LogP contribution in [0.2, 0.25) is 0 Å². The molecule has 0 aromatic heterocycles. The fourth-order valence-corrected chi connectivity index (χ4v) is 1.44. The van der Waals surface area contributed by atoms with E-state index < -0.39 is 5.54 Å². The summed E-state index contributed by atoms with van der Waals surface area (Å²) in [4.78, 5) is 12.8. The molecule has 0 aromatic carbocycles. The number of carbonyl (C=O) groups is 1. The molecule has 12 heavy (non-hydrogen) atoms. The molecule has 0 radical (unpaired) electrons. The van der Waals surface area contributed by atoms with E-state index in [1.54, 1.807) is 11.8 Å². The van der Waals surface area contributed by atoms with Crippen molar-refractivity contribution < 1.29 is 15.0 Å². The third-order valence-electron chi connectivity index (χ3n) is 2.41. The average Bonchev–Trinajstić information content (AvgIpc) is 2.51. The summed E-state index contributed by atoms with van der Waals surface area (Å²) in [5.41, 5.74) is -0.770. The smallest absolute Gasteiger partial charge is 0.223 e. The summed E-state index contributed by atoms with van der Waals surface area (Å²) in [7, 11) is 0. The first-order chi connectivity index (χ1) is 5.64. The fourth-order valence-electron chi connectivity index (χ4n) is 1.44. The molecular formula is C8H15NO3. The summed E-state index contributed by atoms with van der Waals surface area (Å²) in [5.74, 6) is 0.0283. The van der Waals surface area contributed by atoms with Gasteiger partial charge < -0.3 is 15.1 Å². The Morgan fingerprint density at radius 1 is 1.50 bits per heavy atom. The number of amides is 1. The maximum absolute atomic E-state index is 11.2. The molecule has 1 heterocycles. The third-order valence-corrected chi connectivity index (χ3v) is 2.41. The van der Waals surface area contributed by atoms with E-state index in [1.165, 1.54) is 0 Å². The Morgan fingerprint density at radius 2 is 2.08 bits per heavy atom. The molecule has 1 aliphatic rings. The lowest BCUT2D eigenvalue weighted by Gasteiger charge is -2.35. The van der Waals surface area contributed by atoms with Crippen molar-refractivity contribution in [1.29, 1.82) is 0 Å². The predicted octanol–water partition coefficient (Wildman–Crippen LogP) is -0.648. The Labute approximate surface area is 71.8 Å². The van der Waals surface area contributed by atoms with E-state index in [0.29, 0.717) is 13.0 Å². The van der Waals surface area contributed by atoms with Gasteiger partial charge in [0.25, 0.3) is 0 Å². The van der Waals surface area contributed by atoms with E-state index in [2.05, 4.69) is 0 Å². The molecule has 0 atom stereocenters. The molecule has 1 saturated heterocycles. The minimum Gasteiger partial charge on any atom is -0.394 e. The molecule has 2 N–H and O–H groups in total. The Balaban J connectivity index is 2.71. The van der Waals surface area contributed by atoms with Crippen LogP contribution in [0.15, 0.2) is 0 Å². The van der Waals surface area contributed by atoms with E-state index in [0.717, 1.165) is 6.42 Å². The average molecular weight is 173 g/mol. The van der Waals surface area contributed by atoms with Gasteiger partial charge in [-0.15, -0.1) is 0 Å². The van der Waals surface area contributed by atoms with Gasteiger partial charge in [-0.3, -0.25) is 4.79 Å². The number of likely N-dealkylation sites (tertiary alicyclic amines) is 1. The summed E-state index contributed by atoms with van der Waals surface area (Å²) >= 11 is 0. The zero-order valence-corrected chi connectivity index (χ0v) is 7.29. The highest BCUT2D eigenvalue weighted by atomic mass is 16.3. The van der Waals surface area contributed by atoms with Crippen LogP contribution < -0.4 is 0 Å². The lowest BCUT2D eigenvalue weighted by atomic mass is 10.0. The molecule has 0 bridgehead atoms. The van der Waals surface area contributed by atoms with Crippen LogP contribution in [-0.2, 0) is 4.79 Å². The zero-order chi connectivity index (χ0) is 9.19. The minimum atomic E-state index is -0.770. The molecule has 0 spiro atoms. The number of carbonyl (C=O) groups excluding carboxylic acids is 1. The van der Waals surface area contributed by atoms with Gasteiger partial charge in [0.15, 0.2) is 0 Å². The highest BCUT2D eigenvalue weighted by Crippen LogP contribution is 2.21. The Hall–Kier alpha value is -0.610. The lowest BCUT2D eigenvalue weighted by molar-refractivity contribution is -0.136. The molecule has 4 heteroatoms. The summed E-state index contributed by atoms with van der Waals surface area (Å²) in [5, 5.41) is 18.0. The molecule has 0 aliphatic carbocycles. The molecule has 70 valence electrons. The van der Waals surface area contributed by atoms with Crippen LogP contribution in [0.25, 0.3) is 0 Å². The van der Waals surface area contributed by atoms with Gasteiger partial charge in [-0.1, -0.05) is 0 Å². The topological polar surface area (TPSA) is 60.8 Å². The van der Waals surface area contributed by atoms with Gasteiger partial charge in [0.1, 0.15) is 0 Å². The number of nitrogens with zero attached hydrogens (tertiary/aromatic N) is 1. The Bertz CT molecular complexity index is 177. The molecule has 4 nitrogen and oxygen atoms in total. The van der Waals surface area contributed by atoms with Crippen molar-refractivity contribution in [2.75, 3.05) is 19.8 Å². The standard InChI is InChI=1S/C8H15NO3/c1-8(5-10,6-11)9-4-2-3-7(9)12/h10-11H,2-6H2,1H3. The van der Waals surface area contributed by atoms with Crippen molar-refractivity contribution in [2.45, 2.75) is 25.3 Å². The van der Waals surface area contributed by atoms with Crippen LogP contribution >= 0.6 is 0 Å². The lowest BCUT2D eigenvalue weighted by Crippen LogP contribution is -2.52. The van der Waals surface area contributed by atoms with Crippen LogP contribution in [0.3, 0.4) is 0 Å². The third kappa shape index (κ3) is 1.44. The predicted molar refractivity (Wildman–Crippen MR) is 43.5 cm³/mol. The van der Waals surface area contributed by atoms with Crippen LogP contribution in [0.1, 0.15) is 19.8 Å².